The van der Waals surface area contributed by atoms with E-state index in [-0.39, 0.29) is 12.1 Å². The Morgan fingerprint density at radius 2 is 2.21 bits per heavy atom. The van der Waals surface area contributed by atoms with Crippen molar-refractivity contribution in [1.29, 1.82) is 0 Å². The molecule has 2 saturated heterocycles. The molecule has 19 heavy (non-hydrogen) atoms. The van der Waals surface area contributed by atoms with Crippen LogP contribution in [0.4, 0.5) is 8.78 Å². The van der Waals surface area contributed by atoms with Crippen LogP contribution < -0.4 is 5.32 Å². The maximum Gasteiger partial charge on any atom is 0.130 e. The van der Waals surface area contributed by atoms with Gasteiger partial charge in [0.1, 0.15) is 11.6 Å². The van der Waals surface area contributed by atoms with E-state index in [1.54, 1.807) is 6.07 Å². The van der Waals surface area contributed by atoms with Crippen LogP contribution in [0, 0.1) is 17.6 Å². The van der Waals surface area contributed by atoms with Gasteiger partial charge in [-0.25, -0.2) is 8.78 Å². The molecule has 2 aliphatic rings. The Kier molecular flexibility index (Phi) is 3.54. The fourth-order valence-electron chi connectivity index (χ4n) is 3.49. The van der Waals surface area contributed by atoms with E-state index in [1.165, 1.54) is 6.07 Å². The topological polar surface area (TPSA) is 21.3 Å². The molecule has 0 amide bonds. The second-order valence-corrected chi connectivity index (χ2v) is 5.47. The third-order valence-corrected chi connectivity index (χ3v) is 4.30. The molecular weight excluding hydrogens is 248 g/mol. The predicted molar refractivity (Wildman–Crippen MR) is 68.8 cm³/mol. The SMILES string of the molecule is CCNC(c1ccc(F)cc1F)C1CC2CCC1O2. The van der Waals surface area contributed by atoms with E-state index in [4.69, 9.17) is 4.74 Å². The van der Waals surface area contributed by atoms with Gasteiger partial charge in [-0.05, 0) is 31.9 Å². The van der Waals surface area contributed by atoms with Gasteiger partial charge in [-0.2, -0.15) is 0 Å². The highest BCUT2D eigenvalue weighted by Crippen LogP contribution is 2.45. The van der Waals surface area contributed by atoms with Crippen LogP contribution >= 0.6 is 0 Å². The van der Waals surface area contributed by atoms with E-state index in [0.717, 1.165) is 31.9 Å². The molecule has 2 nitrogen and oxygen atoms in total. The summed E-state index contributed by atoms with van der Waals surface area (Å²) in [5.41, 5.74) is 0.560. The average molecular weight is 267 g/mol. The zero-order valence-corrected chi connectivity index (χ0v) is 11.0. The quantitative estimate of drug-likeness (QED) is 0.904. The molecule has 2 aliphatic heterocycles. The molecule has 4 unspecified atom stereocenters. The molecule has 0 radical (unpaired) electrons. The third-order valence-electron chi connectivity index (χ3n) is 4.30. The van der Waals surface area contributed by atoms with E-state index < -0.39 is 11.6 Å². The van der Waals surface area contributed by atoms with E-state index in [1.807, 2.05) is 6.92 Å². The molecule has 1 aromatic rings. The molecule has 1 aromatic carbocycles. The van der Waals surface area contributed by atoms with Crippen LogP contribution in [0.1, 0.15) is 37.8 Å². The second kappa shape index (κ2) is 5.17. The van der Waals surface area contributed by atoms with Crippen LogP contribution in [0.15, 0.2) is 18.2 Å². The van der Waals surface area contributed by atoms with Crippen LogP contribution in [-0.2, 0) is 4.74 Å². The van der Waals surface area contributed by atoms with Gasteiger partial charge in [0.25, 0.3) is 0 Å². The number of ether oxygens (including phenoxy) is 1. The van der Waals surface area contributed by atoms with Crippen molar-refractivity contribution in [3.8, 4) is 0 Å². The largest absolute Gasteiger partial charge is 0.375 e. The van der Waals surface area contributed by atoms with E-state index >= 15 is 0 Å². The molecule has 3 rings (SSSR count). The first kappa shape index (κ1) is 13.0. The van der Waals surface area contributed by atoms with E-state index in [0.29, 0.717) is 17.6 Å². The lowest BCUT2D eigenvalue weighted by molar-refractivity contribution is 0.0855. The number of benzene rings is 1. The number of hydrogen-bond acceptors (Lipinski definition) is 2. The normalized spacial score (nSPS) is 30.8. The van der Waals surface area contributed by atoms with Crippen LogP contribution in [-0.4, -0.2) is 18.8 Å². The summed E-state index contributed by atoms with van der Waals surface area (Å²) in [6.07, 6.45) is 3.70. The second-order valence-electron chi connectivity index (χ2n) is 5.47. The standard InChI is InChI=1S/C15H19F2NO/c1-2-18-15(11-5-3-9(16)7-13(11)17)12-8-10-4-6-14(12)19-10/h3,5,7,10,12,14-15,18H,2,4,6,8H2,1H3. The molecule has 2 heterocycles. The molecule has 0 aliphatic carbocycles. The number of halogens is 2. The smallest absolute Gasteiger partial charge is 0.130 e. The Morgan fingerprint density at radius 3 is 2.79 bits per heavy atom. The highest BCUT2D eigenvalue weighted by atomic mass is 19.1. The summed E-state index contributed by atoms with van der Waals surface area (Å²) >= 11 is 0. The van der Waals surface area contributed by atoms with Crippen molar-refractivity contribution in [2.45, 2.75) is 44.4 Å². The Labute approximate surface area is 112 Å². The highest BCUT2D eigenvalue weighted by Gasteiger charge is 2.45. The number of nitrogens with one attached hydrogen (secondary N) is 1. The summed E-state index contributed by atoms with van der Waals surface area (Å²) in [4.78, 5) is 0. The fraction of sp³-hybridized carbons (Fsp3) is 0.600. The third kappa shape index (κ3) is 2.39. The molecule has 0 saturated carbocycles. The molecule has 104 valence electrons. The van der Waals surface area contributed by atoms with Crippen molar-refractivity contribution in [2.24, 2.45) is 5.92 Å². The van der Waals surface area contributed by atoms with E-state index in [2.05, 4.69) is 5.32 Å². The molecular formula is C15H19F2NO. The van der Waals surface area contributed by atoms with Gasteiger partial charge in [0.15, 0.2) is 0 Å². The zero-order valence-electron chi connectivity index (χ0n) is 11.0. The fourth-order valence-corrected chi connectivity index (χ4v) is 3.49. The summed E-state index contributed by atoms with van der Waals surface area (Å²) in [6, 6.07) is 3.77. The highest BCUT2D eigenvalue weighted by molar-refractivity contribution is 5.24. The zero-order chi connectivity index (χ0) is 13.4. The van der Waals surface area contributed by atoms with Gasteiger partial charge in [-0.3, -0.25) is 0 Å². The monoisotopic (exact) mass is 267 g/mol. The van der Waals surface area contributed by atoms with Gasteiger partial charge in [0.2, 0.25) is 0 Å². The predicted octanol–water partition coefficient (Wildman–Crippen LogP) is 3.18. The molecule has 2 bridgehead atoms. The Hall–Kier alpha value is -1.00. The number of rotatable bonds is 4. The van der Waals surface area contributed by atoms with Gasteiger partial charge in [0.05, 0.1) is 12.2 Å². The minimum atomic E-state index is -0.527. The molecule has 0 aromatic heterocycles. The van der Waals surface area contributed by atoms with Crippen LogP contribution in [0.2, 0.25) is 0 Å². The van der Waals surface area contributed by atoms with Gasteiger partial charge >= 0.3 is 0 Å². The maximum atomic E-state index is 14.0. The lowest BCUT2D eigenvalue weighted by Crippen LogP contribution is -2.34. The van der Waals surface area contributed by atoms with Crippen molar-refractivity contribution in [3.63, 3.8) is 0 Å². The minimum absolute atomic E-state index is 0.0825. The maximum absolute atomic E-state index is 14.0. The van der Waals surface area contributed by atoms with Gasteiger partial charge in [0, 0.05) is 23.6 Å². The Balaban J connectivity index is 1.88. The Morgan fingerprint density at radius 1 is 1.37 bits per heavy atom. The number of hydrogen-bond donors (Lipinski definition) is 1. The van der Waals surface area contributed by atoms with Gasteiger partial charge in [-0.1, -0.05) is 13.0 Å². The van der Waals surface area contributed by atoms with Crippen molar-refractivity contribution < 1.29 is 13.5 Å². The first-order chi connectivity index (χ1) is 9.19. The first-order valence-corrected chi connectivity index (χ1v) is 7.03. The van der Waals surface area contributed by atoms with Gasteiger partial charge in [-0.15, -0.1) is 0 Å². The van der Waals surface area contributed by atoms with Crippen molar-refractivity contribution in [1.82, 2.24) is 5.32 Å². The lowest BCUT2D eigenvalue weighted by Gasteiger charge is -2.29. The first-order valence-electron chi connectivity index (χ1n) is 7.03. The van der Waals surface area contributed by atoms with Crippen LogP contribution in [0.5, 0.6) is 0 Å². The minimum Gasteiger partial charge on any atom is -0.375 e. The van der Waals surface area contributed by atoms with Crippen molar-refractivity contribution >= 4 is 0 Å². The summed E-state index contributed by atoms with van der Waals surface area (Å²) in [7, 11) is 0. The number of fused-ring (bicyclic) bond motifs is 2. The molecule has 2 fully saturated rings. The van der Waals surface area contributed by atoms with Crippen molar-refractivity contribution in [2.75, 3.05) is 6.54 Å². The summed E-state index contributed by atoms with van der Waals surface area (Å²) < 4.78 is 32.9. The Bertz CT molecular complexity index is 465. The molecule has 0 spiro atoms. The summed E-state index contributed by atoms with van der Waals surface area (Å²) in [5.74, 6) is -0.701. The lowest BCUT2D eigenvalue weighted by atomic mass is 9.81. The molecule has 4 heteroatoms. The average Bonchev–Trinajstić information content (AvgIpc) is 2.99. The van der Waals surface area contributed by atoms with Crippen molar-refractivity contribution in [3.05, 3.63) is 35.4 Å². The summed E-state index contributed by atoms with van der Waals surface area (Å²) in [6.45, 7) is 2.76. The van der Waals surface area contributed by atoms with E-state index in [9.17, 15) is 8.78 Å². The van der Waals surface area contributed by atoms with Crippen LogP contribution in [0.25, 0.3) is 0 Å². The van der Waals surface area contributed by atoms with Crippen LogP contribution in [0.3, 0.4) is 0 Å². The van der Waals surface area contributed by atoms with Gasteiger partial charge < -0.3 is 10.1 Å². The molecule has 1 N–H and O–H groups in total. The summed E-state index contributed by atoms with van der Waals surface area (Å²) in [5, 5.41) is 3.34. The molecule has 4 atom stereocenters.